The van der Waals surface area contributed by atoms with Crippen LogP contribution in [0.15, 0.2) is 30.5 Å². The summed E-state index contributed by atoms with van der Waals surface area (Å²) in [5.74, 6) is 2.15. The average Bonchev–Trinajstić information content (AvgIpc) is 3.52. The first-order valence-electron chi connectivity index (χ1n) is 10.8. The fourth-order valence-electron chi connectivity index (χ4n) is 3.96. The van der Waals surface area contributed by atoms with Gasteiger partial charge in [0, 0.05) is 55.0 Å². The van der Waals surface area contributed by atoms with Crippen molar-refractivity contribution in [3.63, 3.8) is 0 Å². The molecule has 2 fully saturated rings. The number of likely N-dealkylation sites (tertiary alicyclic amines) is 1. The minimum Gasteiger partial charge on any atom is -0.481 e. The van der Waals surface area contributed by atoms with Gasteiger partial charge in [0.15, 0.2) is 11.6 Å². The van der Waals surface area contributed by atoms with Crippen LogP contribution in [0.1, 0.15) is 17.7 Å². The normalized spacial score (nSPS) is 16.9. The fraction of sp³-hybridized carbons (Fsp3) is 0.391. The Bertz CT molecular complexity index is 1130. The predicted octanol–water partition coefficient (Wildman–Crippen LogP) is 3.23. The average molecular weight is 452 g/mol. The highest BCUT2D eigenvalue weighted by molar-refractivity contribution is 7.20. The molecule has 0 radical (unpaired) electrons. The van der Waals surface area contributed by atoms with Crippen LogP contribution in [0.25, 0.3) is 27.7 Å². The third-order valence-corrected chi connectivity index (χ3v) is 6.78. The zero-order valence-electron chi connectivity index (χ0n) is 18.0. The van der Waals surface area contributed by atoms with E-state index in [2.05, 4.69) is 9.88 Å². The summed E-state index contributed by atoms with van der Waals surface area (Å²) in [7, 11) is 1.59. The van der Waals surface area contributed by atoms with E-state index in [9.17, 15) is 4.79 Å². The third kappa shape index (κ3) is 4.31. The summed E-state index contributed by atoms with van der Waals surface area (Å²) in [6.07, 6.45) is 7.47. The first-order chi connectivity index (χ1) is 15.7. The number of rotatable bonds is 5. The van der Waals surface area contributed by atoms with E-state index in [1.807, 2.05) is 29.2 Å². The summed E-state index contributed by atoms with van der Waals surface area (Å²) in [6.45, 7) is 4.61. The van der Waals surface area contributed by atoms with Crippen molar-refractivity contribution >= 4 is 39.4 Å². The van der Waals surface area contributed by atoms with E-state index in [0.29, 0.717) is 24.9 Å². The van der Waals surface area contributed by atoms with Crippen molar-refractivity contribution in [2.45, 2.75) is 12.8 Å². The molecule has 0 unspecified atom stereocenters. The van der Waals surface area contributed by atoms with Gasteiger partial charge in [0.25, 0.3) is 0 Å². The quantitative estimate of drug-likeness (QED) is 0.551. The Kier molecular flexibility index (Phi) is 6.00. The predicted molar refractivity (Wildman–Crippen MR) is 125 cm³/mol. The van der Waals surface area contributed by atoms with Gasteiger partial charge < -0.3 is 19.3 Å². The summed E-state index contributed by atoms with van der Waals surface area (Å²) in [5.41, 5.74) is 1.69. The van der Waals surface area contributed by atoms with Crippen LogP contribution in [0.5, 0.6) is 5.88 Å². The van der Waals surface area contributed by atoms with Gasteiger partial charge in [-0.2, -0.15) is 0 Å². The van der Waals surface area contributed by atoms with E-state index in [1.54, 1.807) is 30.7 Å². The highest BCUT2D eigenvalue weighted by atomic mass is 32.1. The molecule has 9 heteroatoms. The van der Waals surface area contributed by atoms with Crippen molar-refractivity contribution < 1.29 is 14.3 Å². The maximum atomic E-state index is 12.4. The molecule has 32 heavy (non-hydrogen) atoms. The Morgan fingerprint density at radius 1 is 1.16 bits per heavy atom. The van der Waals surface area contributed by atoms with Gasteiger partial charge >= 0.3 is 0 Å². The van der Waals surface area contributed by atoms with Gasteiger partial charge in [0.05, 0.1) is 30.5 Å². The third-order valence-electron chi connectivity index (χ3n) is 5.69. The van der Waals surface area contributed by atoms with Gasteiger partial charge in [0.2, 0.25) is 11.8 Å². The molecule has 2 aliphatic rings. The van der Waals surface area contributed by atoms with Crippen LogP contribution in [0.3, 0.4) is 0 Å². The number of hydrogen-bond donors (Lipinski definition) is 0. The Morgan fingerprint density at radius 2 is 1.97 bits per heavy atom. The molecule has 5 rings (SSSR count). The van der Waals surface area contributed by atoms with E-state index in [4.69, 9.17) is 19.4 Å². The van der Waals surface area contributed by atoms with Gasteiger partial charge in [-0.1, -0.05) is 0 Å². The van der Waals surface area contributed by atoms with Crippen LogP contribution in [-0.2, 0) is 9.53 Å². The lowest BCUT2D eigenvalue weighted by Crippen LogP contribution is -2.36. The number of carbonyl (C=O) groups excluding carboxylic acids is 1. The fourth-order valence-corrected chi connectivity index (χ4v) is 4.98. The molecule has 5 heterocycles. The number of thiophene rings is 1. The maximum absolute atomic E-state index is 12.4. The van der Waals surface area contributed by atoms with Gasteiger partial charge in [-0.3, -0.25) is 4.79 Å². The summed E-state index contributed by atoms with van der Waals surface area (Å²) >= 11 is 1.61. The zero-order valence-corrected chi connectivity index (χ0v) is 18.8. The standard InChI is InChI=1S/C23H25N5O3S/c1-30-19-6-4-16(15-24-19)22-25-18-14-17(5-7-20(29)27-8-2-3-9-27)32-21(18)23(26-22)28-10-12-31-13-11-28/h4-7,14-15H,2-3,8-13H2,1H3/b7-5+. The molecule has 166 valence electrons. The lowest BCUT2D eigenvalue weighted by Gasteiger charge is -2.28. The molecule has 1 amide bonds. The molecule has 0 aromatic carbocycles. The zero-order chi connectivity index (χ0) is 21.9. The smallest absolute Gasteiger partial charge is 0.246 e. The number of fused-ring (bicyclic) bond motifs is 1. The number of hydrogen-bond acceptors (Lipinski definition) is 8. The van der Waals surface area contributed by atoms with Crippen LogP contribution in [0, 0.1) is 0 Å². The molecule has 2 aliphatic heterocycles. The molecule has 0 spiro atoms. The second-order valence-corrected chi connectivity index (χ2v) is 8.87. The van der Waals surface area contributed by atoms with E-state index in [0.717, 1.165) is 65.5 Å². The van der Waals surface area contributed by atoms with Gasteiger partial charge in [-0.05, 0) is 31.1 Å². The number of methoxy groups -OCH3 is 1. The van der Waals surface area contributed by atoms with E-state index in [-0.39, 0.29) is 5.91 Å². The Hall–Kier alpha value is -3.04. The van der Waals surface area contributed by atoms with Crippen LogP contribution in [-0.4, -0.2) is 72.3 Å². The van der Waals surface area contributed by atoms with Gasteiger partial charge in [-0.25, -0.2) is 15.0 Å². The van der Waals surface area contributed by atoms with Crippen LogP contribution in [0.2, 0.25) is 0 Å². The molecule has 0 atom stereocenters. The molecule has 2 saturated heterocycles. The highest BCUT2D eigenvalue weighted by Crippen LogP contribution is 2.35. The van der Waals surface area contributed by atoms with Gasteiger partial charge in [0.1, 0.15) is 0 Å². The minimum atomic E-state index is 0.0736. The van der Waals surface area contributed by atoms with Crippen molar-refractivity contribution in [3.05, 3.63) is 35.3 Å². The number of aromatic nitrogens is 3. The highest BCUT2D eigenvalue weighted by Gasteiger charge is 2.20. The number of ether oxygens (including phenoxy) is 2. The van der Waals surface area contributed by atoms with Crippen LogP contribution in [0.4, 0.5) is 5.82 Å². The van der Waals surface area contributed by atoms with Crippen LogP contribution < -0.4 is 9.64 Å². The first-order valence-corrected chi connectivity index (χ1v) is 11.6. The minimum absolute atomic E-state index is 0.0736. The molecule has 8 nitrogen and oxygen atoms in total. The summed E-state index contributed by atoms with van der Waals surface area (Å²) in [4.78, 5) is 31.6. The molecule has 0 bridgehead atoms. The summed E-state index contributed by atoms with van der Waals surface area (Å²) < 4.78 is 11.7. The van der Waals surface area contributed by atoms with Crippen molar-refractivity contribution in [3.8, 4) is 17.3 Å². The lowest BCUT2D eigenvalue weighted by molar-refractivity contribution is -0.124. The Morgan fingerprint density at radius 3 is 2.69 bits per heavy atom. The van der Waals surface area contributed by atoms with Crippen molar-refractivity contribution in [2.24, 2.45) is 0 Å². The Labute approximate surface area is 190 Å². The van der Waals surface area contributed by atoms with Crippen molar-refractivity contribution in [1.82, 2.24) is 19.9 Å². The van der Waals surface area contributed by atoms with E-state index < -0.39 is 0 Å². The second-order valence-electron chi connectivity index (χ2n) is 7.79. The number of pyridine rings is 1. The second kappa shape index (κ2) is 9.22. The molecule has 3 aromatic rings. The van der Waals surface area contributed by atoms with E-state index >= 15 is 0 Å². The summed E-state index contributed by atoms with van der Waals surface area (Å²) in [5, 5.41) is 0. The Balaban J connectivity index is 1.52. The number of morpholine rings is 1. The summed E-state index contributed by atoms with van der Waals surface area (Å²) in [6, 6.07) is 5.75. The lowest BCUT2D eigenvalue weighted by atomic mass is 10.2. The molecular weight excluding hydrogens is 426 g/mol. The SMILES string of the molecule is COc1ccc(-c2nc(N3CCOCC3)c3sc(/C=C/C(=O)N4CCCC4)cc3n2)cn1. The van der Waals surface area contributed by atoms with Gasteiger partial charge in [-0.15, -0.1) is 11.3 Å². The molecular formula is C23H25N5O3S. The van der Waals surface area contributed by atoms with E-state index in [1.165, 1.54) is 0 Å². The largest absolute Gasteiger partial charge is 0.481 e. The number of nitrogens with zero attached hydrogens (tertiary/aromatic N) is 5. The molecule has 0 saturated carbocycles. The number of amides is 1. The number of carbonyl (C=O) groups is 1. The number of anilines is 1. The topological polar surface area (TPSA) is 80.7 Å². The molecule has 0 N–H and O–H groups in total. The van der Waals surface area contributed by atoms with Crippen LogP contribution >= 0.6 is 11.3 Å². The monoisotopic (exact) mass is 451 g/mol. The molecule has 0 aliphatic carbocycles. The van der Waals surface area contributed by atoms with Crippen molar-refractivity contribution in [1.29, 1.82) is 0 Å². The van der Waals surface area contributed by atoms with Crippen molar-refractivity contribution in [2.75, 3.05) is 51.4 Å². The maximum Gasteiger partial charge on any atom is 0.246 e. The first kappa shape index (κ1) is 20.8. The molecule has 3 aromatic heterocycles.